The Morgan fingerprint density at radius 2 is 1.84 bits per heavy atom. The Kier molecular flexibility index (Phi) is 9.21. The number of piperidine rings is 1. The highest BCUT2D eigenvalue weighted by atomic mass is 16.5. The number of likely N-dealkylation sites (tertiary alicyclic amines) is 1. The Morgan fingerprint density at radius 1 is 1.12 bits per heavy atom. The molecule has 7 nitrogen and oxygen atoms in total. The highest BCUT2D eigenvalue weighted by Crippen LogP contribution is 2.20. The minimum absolute atomic E-state index is 0.0524. The van der Waals surface area contributed by atoms with Gasteiger partial charge in [-0.2, -0.15) is 0 Å². The van der Waals surface area contributed by atoms with E-state index in [-0.39, 0.29) is 11.9 Å². The van der Waals surface area contributed by atoms with Crippen LogP contribution in [0.5, 0.6) is 0 Å². The van der Waals surface area contributed by atoms with Crippen LogP contribution in [0, 0.1) is 5.92 Å². The molecule has 2 aliphatic rings. The normalized spacial score (nSPS) is 20.4. The maximum absolute atomic E-state index is 12.0. The summed E-state index contributed by atoms with van der Waals surface area (Å²) in [5.74, 6) is 0.604. The summed E-state index contributed by atoms with van der Waals surface area (Å²) in [5.41, 5.74) is 0. The predicted octanol–water partition coefficient (Wildman–Crippen LogP) is 0.490. The van der Waals surface area contributed by atoms with E-state index in [1.807, 2.05) is 0 Å². The molecule has 0 bridgehead atoms. The number of amides is 1. The molecule has 2 saturated heterocycles. The van der Waals surface area contributed by atoms with Gasteiger partial charge in [-0.05, 0) is 51.2 Å². The molecule has 2 fully saturated rings. The number of carbonyl (C=O) groups is 2. The van der Waals surface area contributed by atoms with E-state index in [1.54, 1.807) is 0 Å². The van der Waals surface area contributed by atoms with Crippen molar-refractivity contribution in [1.29, 1.82) is 0 Å². The zero-order valence-corrected chi connectivity index (χ0v) is 15.5. The van der Waals surface area contributed by atoms with Crippen molar-refractivity contribution in [3.8, 4) is 0 Å². The second-order valence-electron chi connectivity index (χ2n) is 6.99. The summed E-state index contributed by atoms with van der Waals surface area (Å²) in [6.07, 6.45) is 4.60. The van der Waals surface area contributed by atoms with E-state index in [4.69, 9.17) is 4.74 Å². The minimum Gasteiger partial charge on any atom is -0.469 e. The van der Waals surface area contributed by atoms with E-state index >= 15 is 0 Å². The van der Waals surface area contributed by atoms with Crippen LogP contribution in [-0.4, -0.2) is 87.8 Å². The van der Waals surface area contributed by atoms with E-state index in [2.05, 4.69) is 19.9 Å². The third-order valence-corrected chi connectivity index (χ3v) is 5.14. The Bertz CT molecular complexity index is 405. The first-order chi connectivity index (χ1) is 12.2. The highest BCUT2D eigenvalue weighted by molar-refractivity contribution is 5.78. The number of nitrogens with zero attached hydrogens (tertiary/aromatic N) is 2. The lowest BCUT2D eigenvalue weighted by Gasteiger charge is -2.33. The average Bonchev–Trinajstić information content (AvgIpc) is 2.65. The fraction of sp³-hybridized carbons (Fsp3) is 0.889. The van der Waals surface area contributed by atoms with Crippen molar-refractivity contribution in [2.24, 2.45) is 5.92 Å². The molecule has 0 spiro atoms. The van der Waals surface area contributed by atoms with Crippen molar-refractivity contribution in [3.05, 3.63) is 0 Å². The summed E-state index contributed by atoms with van der Waals surface area (Å²) in [4.78, 5) is 27.7. The van der Waals surface area contributed by atoms with Crippen LogP contribution in [0.15, 0.2) is 0 Å². The summed E-state index contributed by atoms with van der Waals surface area (Å²) in [7, 11) is 1.38. The standard InChI is InChI=1S/C18H33N3O4/c1-24-18(23)3-2-7-19-17(22)15-21-9-5-16(6-10-21)4-8-20-11-13-25-14-12-20/h16H,2-15H2,1H3,(H,19,22). The van der Waals surface area contributed by atoms with Crippen molar-refractivity contribution >= 4 is 11.9 Å². The molecule has 0 aromatic rings. The van der Waals surface area contributed by atoms with Crippen LogP contribution in [0.1, 0.15) is 32.1 Å². The predicted molar refractivity (Wildman–Crippen MR) is 95.3 cm³/mol. The van der Waals surface area contributed by atoms with Gasteiger partial charge in [0.2, 0.25) is 5.91 Å². The van der Waals surface area contributed by atoms with Gasteiger partial charge in [-0.25, -0.2) is 0 Å². The maximum Gasteiger partial charge on any atom is 0.305 e. The van der Waals surface area contributed by atoms with Crippen LogP contribution < -0.4 is 5.32 Å². The number of hydrogen-bond acceptors (Lipinski definition) is 6. The van der Waals surface area contributed by atoms with Gasteiger partial charge >= 0.3 is 5.97 Å². The summed E-state index contributed by atoms with van der Waals surface area (Å²) < 4.78 is 9.96. The molecule has 144 valence electrons. The molecule has 25 heavy (non-hydrogen) atoms. The van der Waals surface area contributed by atoms with Crippen LogP contribution in [0.2, 0.25) is 0 Å². The van der Waals surface area contributed by atoms with Gasteiger partial charge in [0.15, 0.2) is 0 Å². The number of hydrogen-bond donors (Lipinski definition) is 1. The van der Waals surface area contributed by atoms with Crippen molar-refractivity contribution in [3.63, 3.8) is 0 Å². The zero-order valence-electron chi connectivity index (χ0n) is 15.5. The topological polar surface area (TPSA) is 71.1 Å². The van der Waals surface area contributed by atoms with E-state index < -0.39 is 0 Å². The van der Waals surface area contributed by atoms with Gasteiger partial charge in [0, 0.05) is 26.1 Å². The first-order valence-electron chi connectivity index (χ1n) is 9.53. The molecule has 2 rings (SSSR count). The summed E-state index contributed by atoms with van der Waals surface area (Å²) >= 11 is 0. The smallest absolute Gasteiger partial charge is 0.305 e. The monoisotopic (exact) mass is 355 g/mol. The van der Waals surface area contributed by atoms with Gasteiger partial charge in [-0.1, -0.05) is 0 Å². The summed E-state index contributed by atoms with van der Waals surface area (Å²) in [5, 5.41) is 2.88. The Labute approximate surface area is 151 Å². The molecule has 0 saturated carbocycles. The third kappa shape index (κ3) is 8.16. The molecule has 7 heteroatoms. The molecule has 1 amide bonds. The lowest BCUT2D eigenvalue weighted by Crippen LogP contribution is -2.42. The van der Waals surface area contributed by atoms with Crippen molar-refractivity contribution in [2.45, 2.75) is 32.1 Å². The van der Waals surface area contributed by atoms with Crippen LogP contribution in [0.4, 0.5) is 0 Å². The molecule has 1 N–H and O–H groups in total. The van der Waals surface area contributed by atoms with Crippen LogP contribution in [-0.2, 0) is 19.1 Å². The molecular weight excluding hydrogens is 322 g/mol. The van der Waals surface area contributed by atoms with Gasteiger partial charge in [0.25, 0.3) is 0 Å². The fourth-order valence-electron chi connectivity index (χ4n) is 3.44. The molecule has 0 atom stereocenters. The van der Waals surface area contributed by atoms with E-state index in [0.717, 1.165) is 45.3 Å². The summed E-state index contributed by atoms with van der Waals surface area (Å²) in [6, 6.07) is 0. The van der Waals surface area contributed by atoms with Gasteiger partial charge in [0.05, 0.1) is 26.9 Å². The van der Waals surface area contributed by atoms with Crippen LogP contribution in [0.25, 0.3) is 0 Å². The minimum atomic E-state index is -0.228. The molecule has 0 aromatic carbocycles. The summed E-state index contributed by atoms with van der Waals surface area (Å²) in [6.45, 7) is 8.05. The average molecular weight is 355 g/mol. The SMILES string of the molecule is COC(=O)CCCNC(=O)CN1CCC(CCN2CCOCC2)CC1. The van der Waals surface area contributed by atoms with E-state index in [9.17, 15) is 9.59 Å². The van der Waals surface area contributed by atoms with Gasteiger partial charge in [-0.15, -0.1) is 0 Å². The third-order valence-electron chi connectivity index (χ3n) is 5.14. The number of rotatable bonds is 9. The van der Waals surface area contributed by atoms with Crippen molar-refractivity contribution in [2.75, 3.05) is 66.1 Å². The molecule has 2 aliphatic heterocycles. The maximum atomic E-state index is 12.0. The second-order valence-corrected chi connectivity index (χ2v) is 6.99. The largest absolute Gasteiger partial charge is 0.469 e. The number of nitrogens with one attached hydrogen (secondary N) is 1. The molecule has 0 aromatic heterocycles. The van der Waals surface area contributed by atoms with Crippen molar-refractivity contribution in [1.82, 2.24) is 15.1 Å². The van der Waals surface area contributed by atoms with Gasteiger partial charge < -0.3 is 14.8 Å². The highest BCUT2D eigenvalue weighted by Gasteiger charge is 2.21. The zero-order chi connectivity index (χ0) is 17.9. The van der Waals surface area contributed by atoms with Gasteiger partial charge in [-0.3, -0.25) is 19.4 Å². The number of methoxy groups -OCH3 is 1. The Morgan fingerprint density at radius 3 is 2.52 bits per heavy atom. The quantitative estimate of drug-likeness (QED) is 0.479. The molecule has 0 unspecified atom stereocenters. The number of carbonyl (C=O) groups excluding carboxylic acids is 2. The van der Waals surface area contributed by atoms with E-state index in [1.165, 1.54) is 32.9 Å². The molecule has 0 radical (unpaired) electrons. The molecule has 0 aliphatic carbocycles. The van der Waals surface area contributed by atoms with Gasteiger partial charge in [0.1, 0.15) is 0 Å². The lowest BCUT2D eigenvalue weighted by molar-refractivity contribution is -0.140. The Hall–Kier alpha value is -1.18. The van der Waals surface area contributed by atoms with Crippen LogP contribution >= 0.6 is 0 Å². The number of ether oxygens (including phenoxy) is 2. The Balaban J connectivity index is 1.51. The fourth-order valence-corrected chi connectivity index (χ4v) is 3.44. The first-order valence-corrected chi connectivity index (χ1v) is 9.53. The number of esters is 1. The van der Waals surface area contributed by atoms with Crippen molar-refractivity contribution < 1.29 is 19.1 Å². The van der Waals surface area contributed by atoms with Crippen LogP contribution in [0.3, 0.4) is 0 Å². The molecular formula is C18H33N3O4. The van der Waals surface area contributed by atoms with E-state index in [0.29, 0.717) is 25.9 Å². The lowest BCUT2D eigenvalue weighted by atomic mass is 9.93. The molecule has 2 heterocycles. The second kappa shape index (κ2) is 11.4. The number of morpholine rings is 1. The first kappa shape index (κ1) is 20.1.